The van der Waals surface area contributed by atoms with Crippen LogP contribution in [0.5, 0.6) is 0 Å². The molecule has 2 bridgehead atoms. The molecule has 7 rings (SSSR count). The summed E-state index contributed by atoms with van der Waals surface area (Å²) in [5, 5.41) is 24.2. The number of carbonyl (C=O) groups is 1. The number of hydrogen-bond donors (Lipinski definition) is 3. The Bertz CT molecular complexity index is 1440. The van der Waals surface area contributed by atoms with E-state index in [0.29, 0.717) is 50.8 Å². The van der Waals surface area contributed by atoms with E-state index in [1.807, 2.05) is 0 Å². The number of hydrogen-bond acceptors (Lipinski definition) is 9. The van der Waals surface area contributed by atoms with Crippen LogP contribution in [0.4, 0.5) is 5.95 Å². The second-order valence-electron chi connectivity index (χ2n) is 18.3. The number of carboxylic acid groups (broad SMARTS) is 1. The predicted molar refractivity (Wildman–Crippen MR) is 182 cm³/mol. The zero-order valence-electron chi connectivity index (χ0n) is 30.3. The summed E-state index contributed by atoms with van der Waals surface area (Å²) in [4.78, 5) is 15.1. The van der Waals surface area contributed by atoms with E-state index < -0.39 is 17.4 Å². The molecule has 48 heavy (non-hydrogen) atoms. The maximum Gasteiger partial charge on any atom is 0.307 e. The molecule has 2 saturated heterocycles. The molecular formula is C37H60N6O5. The molecule has 1 unspecified atom stereocenters. The lowest BCUT2D eigenvalue weighted by Gasteiger charge is -2.71. The fraction of sp³-hybridized carbons (Fsp3) is 0.892. The molecule has 268 valence electrons. The Morgan fingerprint density at radius 1 is 1.06 bits per heavy atom. The molecule has 0 radical (unpaired) electrons. The van der Waals surface area contributed by atoms with Gasteiger partial charge in [0, 0.05) is 29.6 Å². The first-order valence-electron chi connectivity index (χ1n) is 18.6. The summed E-state index contributed by atoms with van der Waals surface area (Å²) in [6, 6.07) is -0.197. The number of nitrogens with two attached hydrogens (primary N) is 2. The number of allylic oxidation sites excluding steroid dienone is 1. The monoisotopic (exact) mass is 668 g/mol. The fourth-order valence-corrected chi connectivity index (χ4v) is 12.7. The lowest BCUT2D eigenvalue weighted by molar-refractivity contribution is -0.254. The van der Waals surface area contributed by atoms with Gasteiger partial charge in [0.25, 0.3) is 5.95 Å². The lowest BCUT2D eigenvalue weighted by Crippen LogP contribution is -2.69. The number of rotatable bonds is 7. The van der Waals surface area contributed by atoms with Crippen molar-refractivity contribution in [1.29, 1.82) is 0 Å². The van der Waals surface area contributed by atoms with Crippen LogP contribution in [0.3, 0.4) is 0 Å². The normalized spacial score (nSPS) is 45.8. The minimum atomic E-state index is -0.634. The van der Waals surface area contributed by atoms with Crippen LogP contribution in [0.1, 0.15) is 106 Å². The van der Waals surface area contributed by atoms with Crippen LogP contribution < -0.4 is 11.5 Å². The molecule has 2 aliphatic heterocycles. The van der Waals surface area contributed by atoms with Gasteiger partial charge in [0.2, 0.25) is 0 Å². The molecule has 0 amide bonds. The third-order valence-electron chi connectivity index (χ3n) is 15.9. The van der Waals surface area contributed by atoms with Crippen molar-refractivity contribution in [2.75, 3.05) is 38.8 Å². The Kier molecular flexibility index (Phi) is 8.21. The second-order valence-corrected chi connectivity index (χ2v) is 18.3. The molecule has 5 N–H and O–H groups in total. The van der Waals surface area contributed by atoms with Gasteiger partial charge < -0.3 is 30.8 Å². The SMILES string of the molecule is CC(C)[C@@H](C)[C@@]1(C)CC[C@]2(C)[C@H]3CC[C@@H]4C5(COC[C@]4(C)[C@@H](OCC4(N)CCOCC4)[C@H](n4nnc(N)n4)C5)C3=CC[C@@]2(C)[C@@H]1C(=O)O. The highest BCUT2D eigenvalue weighted by molar-refractivity contribution is 5.73. The molecule has 3 saturated carbocycles. The number of aliphatic carboxylic acids is 1. The largest absolute Gasteiger partial charge is 0.481 e. The summed E-state index contributed by atoms with van der Waals surface area (Å²) < 4.78 is 19.3. The topological polar surface area (TPSA) is 161 Å². The van der Waals surface area contributed by atoms with Gasteiger partial charge >= 0.3 is 5.97 Å². The molecule has 1 aromatic rings. The molecule has 11 atom stereocenters. The molecule has 0 spiro atoms. The maximum absolute atomic E-state index is 13.4. The number of ether oxygens (including phenoxy) is 3. The zero-order chi connectivity index (χ0) is 34.5. The van der Waals surface area contributed by atoms with Crippen LogP contribution in [0.15, 0.2) is 11.6 Å². The highest BCUT2D eigenvalue weighted by Crippen LogP contribution is 2.75. The average molecular weight is 669 g/mol. The number of fused-ring (bicyclic) bond motifs is 3. The fourth-order valence-electron chi connectivity index (χ4n) is 12.7. The summed E-state index contributed by atoms with van der Waals surface area (Å²) in [6.45, 7) is 19.1. The summed E-state index contributed by atoms with van der Waals surface area (Å²) in [5.74, 6) is 0.438. The highest BCUT2D eigenvalue weighted by atomic mass is 16.5. The first-order chi connectivity index (χ1) is 22.5. The molecule has 4 aliphatic carbocycles. The molecule has 1 aromatic heterocycles. The summed E-state index contributed by atoms with van der Waals surface area (Å²) in [7, 11) is 0. The summed E-state index contributed by atoms with van der Waals surface area (Å²) in [6.07, 6.45) is 9.33. The van der Waals surface area contributed by atoms with E-state index in [1.165, 1.54) is 5.57 Å². The van der Waals surface area contributed by atoms with Crippen molar-refractivity contribution in [3.8, 4) is 0 Å². The van der Waals surface area contributed by atoms with E-state index in [2.05, 4.69) is 70.0 Å². The number of carboxylic acids is 1. The third-order valence-corrected chi connectivity index (χ3v) is 15.9. The van der Waals surface area contributed by atoms with Crippen molar-refractivity contribution < 1.29 is 24.1 Å². The Morgan fingerprint density at radius 3 is 2.44 bits per heavy atom. The van der Waals surface area contributed by atoms with E-state index in [9.17, 15) is 9.90 Å². The van der Waals surface area contributed by atoms with Crippen LogP contribution in [-0.2, 0) is 19.0 Å². The molecule has 11 nitrogen and oxygen atoms in total. The molecule has 0 aromatic carbocycles. The third kappa shape index (κ3) is 4.72. The molecule has 11 heteroatoms. The van der Waals surface area contributed by atoms with Gasteiger partial charge in [-0.3, -0.25) is 4.79 Å². The standard InChI is InChI=1S/C37H60N6O5/c1-22(2)23(3)32(4)12-13-34(6)24-8-9-27-33(5)19-47-21-37(27,25(24)10-11-35(34,7)28(32)30(44)45)18-26(43-41-31(38)40-42-43)29(33)48-20-36(39)14-16-46-17-15-36/h10,22-24,26-29H,8-9,11-21,39H2,1-7H3,(H2,38,41)(H,44,45)/t23-,24+,26-,27+,28-,29+,32-,33+,34-,35+,37?/m1/s1. The van der Waals surface area contributed by atoms with Crippen LogP contribution >= 0.6 is 0 Å². The minimum absolute atomic E-state index is 0.155. The number of aromatic nitrogens is 4. The van der Waals surface area contributed by atoms with Gasteiger partial charge in [-0.05, 0) is 96.5 Å². The number of anilines is 1. The minimum Gasteiger partial charge on any atom is -0.481 e. The van der Waals surface area contributed by atoms with E-state index in [4.69, 9.17) is 25.7 Å². The Morgan fingerprint density at radius 2 is 1.79 bits per heavy atom. The van der Waals surface area contributed by atoms with Crippen molar-refractivity contribution in [2.24, 2.45) is 62.4 Å². The van der Waals surface area contributed by atoms with Gasteiger partial charge in [0.05, 0.1) is 31.8 Å². The number of nitrogen functional groups attached to an aromatic ring is 1. The van der Waals surface area contributed by atoms with Crippen molar-refractivity contribution in [3.63, 3.8) is 0 Å². The van der Waals surface area contributed by atoms with Crippen molar-refractivity contribution in [2.45, 2.75) is 118 Å². The first-order valence-corrected chi connectivity index (χ1v) is 18.6. The van der Waals surface area contributed by atoms with Crippen LogP contribution in [0, 0.1) is 56.7 Å². The number of nitrogens with zero attached hydrogens (tertiary/aromatic N) is 4. The van der Waals surface area contributed by atoms with Crippen LogP contribution in [0.25, 0.3) is 0 Å². The quantitative estimate of drug-likeness (QED) is 0.326. The number of tetrazole rings is 1. The van der Waals surface area contributed by atoms with Gasteiger partial charge in [-0.2, -0.15) is 4.80 Å². The molecular weight excluding hydrogens is 608 g/mol. The average Bonchev–Trinajstić information content (AvgIpc) is 3.46. The van der Waals surface area contributed by atoms with E-state index >= 15 is 0 Å². The first kappa shape index (κ1) is 34.4. The predicted octanol–water partition coefficient (Wildman–Crippen LogP) is 5.28. The summed E-state index contributed by atoms with van der Waals surface area (Å²) >= 11 is 0. The van der Waals surface area contributed by atoms with E-state index in [-0.39, 0.29) is 51.1 Å². The van der Waals surface area contributed by atoms with Gasteiger partial charge in [-0.1, -0.05) is 65.2 Å². The van der Waals surface area contributed by atoms with Gasteiger partial charge in [0.1, 0.15) is 6.04 Å². The van der Waals surface area contributed by atoms with Crippen molar-refractivity contribution in [1.82, 2.24) is 20.2 Å². The second kappa shape index (κ2) is 11.5. The smallest absolute Gasteiger partial charge is 0.307 e. The van der Waals surface area contributed by atoms with Gasteiger partial charge in [0.15, 0.2) is 0 Å². The van der Waals surface area contributed by atoms with E-state index in [0.717, 1.165) is 51.4 Å². The highest BCUT2D eigenvalue weighted by Gasteiger charge is 2.72. The van der Waals surface area contributed by atoms with E-state index in [1.54, 1.807) is 4.80 Å². The van der Waals surface area contributed by atoms with Gasteiger partial charge in [-0.25, -0.2) is 0 Å². The van der Waals surface area contributed by atoms with Crippen LogP contribution in [-0.4, -0.2) is 76.0 Å². The lowest BCUT2D eigenvalue weighted by atomic mass is 9.34. The maximum atomic E-state index is 13.4. The van der Waals surface area contributed by atoms with Crippen LogP contribution in [0.2, 0.25) is 0 Å². The van der Waals surface area contributed by atoms with Crippen molar-refractivity contribution >= 4 is 11.9 Å². The summed E-state index contributed by atoms with van der Waals surface area (Å²) in [5.41, 5.74) is 12.6. The Hall–Kier alpha value is -2.08. The zero-order valence-corrected chi connectivity index (χ0v) is 30.3. The Balaban J connectivity index is 1.29. The molecule has 5 fully saturated rings. The molecule has 3 heterocycles. The Labute approximate surface area is 286 Å². The molecule has 6 aliphatic rings. The van der Waals surface area contributed by atoms with Crippen molar-refractivity contribution in [3.05, 3.63) is 11.6 Å². The van der Waals surface area contributed by atoms with Gasteiger partial charge in [-0.15, -0.1) is 5.10 Å².